The van der Waals surface area contributed by atoms with Gasteiger partial charge in [0, 0.05) is 11.6 Å². The molecule has 1 N–H and O–H groups in total. The van der Waals surface area contributed by atoms with E-state index in [2.05, 4.69) is 10.3 Å². The average molecular weight is 425 g/mol. The fraction of sp³-hybridized carbons (Fsp3) is 0.318. The molecule has 2 aromatic carbocycles. The molecule has 2 atom stereocenters. The summed E-state index contributed by atoms with van der Waals surface area (Å²) in [5.74, 6) is -0.598. The van der Waals surface area contributed by atoms with Gasteiger partial charge in [-0.3, -0.25) is 14.9 Å². The monoisotopic (exact) mass is 425 g/mol. The van der Waals surface area contributed by atoms with Crippen molar-refractivity contribution in [2.24, 2.45) is 5.92 Å². The predicted octanol–water partition coefficient (Wildman–Crippen LogP) is 2.78. The number of rotatable bonds is 6. The Morgan fingerprint density at radius 2 is 1.74 bits per heavy atom. The molecule has 0 aliphatic carbocycles. The fourth-order valence-corrected chi connectivity index (χ4v) is 3.97. The number of aromatic nitrogens is 2. The molecule has 162 valence electrons. The van der Waals surface area contributed by atoms with Crippen LogP contribution in [-0.2, 0) is 14.3 Å². The Morgan fingerprint density at radius 3 is 2.42 bits per heavy atom. The van der Waals surface area contributed by atoms with Crippen molar-refractivity contribution in [2.75, 3.05) is 33.3 Å². The van der Waals surface area contributed by atoms with Crippen LogP contribution in [0.15, 0.2) is 36.4 Å². The van der Waals surface area contributed by atoms with E-state index in [0.717, 1.165) is 5.52 Å². The molecule has 1 aliphatic rings. The maximum absolute atomic E-state index is 13.0. The van der Waals surface area contributed by atoms with Gasteiger partial charge in [-0.1, -0.05) is 12.1 Å². The minimum absolute atomic E-state index is 0.149. The van der Waals surface area contributed by atoms with Crippen molar-refractivity contribution in [3.05, 3.63) is 42.0 Å². The first-order chi connectivity index (χ1) is 15.0. The number of carbonyl (C=O) groups is 2. The van der Waals surface area contributed by atoms with Crippen LogP contribution in [0.5, 0.6) is 17.2 Å². The van der Waals surface area contributed by atoms with Crippen LogP contribution in [0.25, 0.3) is 11.0 Å². The molecule has 9 nitrogen and oxygen atoms in total. The number of anilines is 1. The van der Waals surface area contributed by atoms with E-state index in [9.17, 15) is 9.59 Å². The fourth-order valence-electron chi connectivity index (χ4n) is 3.97. The molecule has 1 aromatic heterocycles. The van der Waals surface area contributed by atoms with Crippen molar-refractivity contribution in [2.45, 2.75) is 13.0 Å². The maximum atomic E-state index is 13.0. The summed E-state index contributed by atoms with van der Waals surface area (Å²) in [6, 6.07) is 10.1. The van der Waals surface area contributed by atoms with Gasteiger partial charge < -0.3 is 23.5 Å². The first-order valence-corrected chi connectivity index (χ1v) is 9.78. The van der Waals surface area contributed by atoms with Crippen molar-refractivity contribution in [3.63, 3.8) is 0 Å². The van der Waals surface area contributed by atoms with Crippen molar-refractivity contribution < 1.29 is 28.5 Å². The molecule has 0 spiro atoms. The first-order valence-electron chi connectivity index (χ1n) is 9.78. The van der Waals surface area contributed by atoms with Gasteiger partial charge in [0.2, 0.25) is 11.9 Å². The summed E-state index contributed by atoms with van der Waals surface area (Å²) in [7, 11) is 4.55. The molecule has 1 aliphatic heterocycles. The third-order valence-corrected chi connectivity index (χ3v) is 5.30. The van der Waals surface area contributed by atoms with Crippen LogP contribution in [0, 0.1) is 5.92 Å². The number of nitrogens with one attached hydrogen (secondary N) is 1. The number of amides is 1. The van der Waals surface area contributed by atoms with Gasteiger partial charge in [-0.2, -0.15) is 0 Å². The van der Waals surface area contributed by atoms with Gasteiger partial charge in [-0.15, -0.1) is 0 Å². The number of imidazole rings is 1. The molecule has 1 amide bonds. The van der Waals surface area contributed by atoms with E-state index in [-0.39, 0.29) is 6.61 Å². The Balaban J connectivity index is 2.02. The highest BCUT2D eigenvalue weighted by Crippen LogP contribution is 2.45. The van der Waals surface area contributed by atoms with Crippen LogP contribution in [0.3, 0.4) is 0 Å². The summed E-state index contributed by atoms with van der Waals surface area (Å²) in [6.45, 7) is 1.85. The summed E-state index contributed by atoms with van der Waals surface area (Å²) >= 11 is 0. The molecule has 4 rings (SSSR count). The third kappa shape index (κ3) is 3.31. The van der Waals surface area contributed by atoms with Crippen molar-refractivity contribution >= 4 is 28.9 Å². The van der Waals surface area contributed by atoms with Crippen LogP contribution in [0.4, 0.5) is 5.95 Å². The highest BCUT2D eigenvalue weighted by Gasteiger charge is 2.45. The standard InChI is InChI=1S/C22H23N3O6/c1-5-31-21(27)18-19(12-10-16(29-3)17(30-4)11-15(12)28-2)25-14-9-7-6-8-13(14)23-22(25)24-20(18)26/h6-11,18-19H,5H2,1-4H3,(H,23,24,26)/t18-,19+/m1/s1. The normalized spacial score (nSPS) is 17.6. The number of hydrogen-bond acceptors (Lipinski definition) is 7. The minimum atomic E-state index is -1.16. The molecule has 3 aromatic rings. The Hall–Kier alpha value is -3.75. The number of benzene rings is 2. The second kappa shape index (κ2) is 8.17. The molecule has 0 radical (unpaired) electrons. The van der Waals surface area contributed by atoms with E-state index in [0.29, 0.717) is 34.3 Å². The molecular weight excluding hydrogens is 402 g/mol. The van der Waals surface area contributed by atoms with E-state index >= 15 is 0 Å². The molecule has 0 unspecified atom stereocenters. The maximum Gasteiger partial charge on any atom is 0.321 e. The summed E-state index contributed by atoms with van der Waals surface area (Å²) in [4.78, 5) is 30.5. The zero-order valence-electron chi connectivity index (χ0n) is 17.7. The average Bonchev–Trinajstić information content (AvgIpc) is 3.15. The van der Waals surface area contributed by atoms with E-state index < -0.39 is 23.8 Å². The van der Waals surface area contributed by atoms with Crippen LogP contribution in [0.2, 0.25) is 0 Å². The Bertz CT molecular complexity index is 1160. The van der Waals surface area contributed by atoms with Crippen LogP contribution < -0.4 is 19.5 Å². The predicted molar refractivity (Wildman–Crippen MR) is 113 cm³/mol. The number of nitrogens with zero attached hydrogens (tertiary/aromatic N) is 2. The molecular formula is C22H23N3O6. The molecule has 0 fully saturated rings. The molecule has 0 saturated carbocycles. The lowest BCUT2D eigenvalue weighted by Crippen LogP contribution is -2.43. The SMILES string of the molecule is CCOC(=O)[C@H]1C(=O)Nc2nc3ccccc3n2[C@H]1c1cc(OC)c(OC)cc1OC. The zero-order valence-corrected chi connectivity index (χ0v) is 17.7. The van der Waals surface area contributed by atoms with Gasteiger partial charge >= 0.3 is 5.97 Å². The Kier molecular flexibility index (Phi) is 5.41. The van der Waals surface area contributed by atoms with Gasteiger partial charge in [0.05, 0.1) is 45.0 Å². The second-order valence-corrected chi connectivity index (χ2v) is 6.91. The van der Waals surface area contributed by atoms with E-state index in [4.69, 9.17) is 18.9 Å². The van der Waals surface area contributed by atoms with Gasteiger partial charge in [0.1, 0.15) is 5.75 Å². The van der Waals surface area contributed by atoms with Crippen LogP contribution in [-0.4, -0.2) is 49.4 Å². The van der Waals surface area contributed by atoms with E-state index in [1.54, 1.807) is 19.1 Å². The summed E-state index contributed by atoms with van der Waals surface area (Å²) in [5.41, 5.74) is 2.01. The van der Waals surface area contributed by atoms with Gasteiger partial charge in [-0.25, -0.2) is 4.98 Å². The zero-order chi connectivity index (χ0) is 22.1. The quantitative estimate of drug-likeness (QED) is 0.479. The number of ether oxygens (including phenoxy) is 4. The summed E-state index contributed by atoms with van der Waals surface area (Å²) in [5, 5.41) is 2.74. The van der Waals surface area contributed by atoms with Gasteiger partial charge in [-0.05, 0) is 25.1 Å². The molecule has 2 heterocycles. The number of hydrogen-bond donors (Lipinski definition) is 1. The van der Waals surface area contributed by atoms with Crippen molar-refractivity contribution in [1.82, 2.24) is 9.55 Å². The van der Waals surface area contributed by atoms with E-state index in [1.165, 1.54) is 21.3 Å². The first kappa shape index (κ1) is 20.5. The highest BCUT2D eigenvalue weighted by molar-refractivity contribution is 6.07. The molecule has 0 saturated heterocycles. The third-order valence-electron chi connectivity index (χ3n) is 5.30. The number of para-hydroxylation sites is 2. The Labute approximate surface area is 178 Å². The number of methoxy groups -OCH3 is 3. The lowest BCUT2D eigenvalue weighted by Gasteiger charge is -2.33. The van der Waals surface area contributed by atoms with Gasteiger partial charge in [0.25, 0.3) is 0 Å². The van der Waals surface area contributed by atoms with Crippen molar-refractivity contribution in [3.8, 4) is 17.2 Å². The summed E-state index contributed by atoms with van der Waals surface area (Å²) in [6.07, 6.45) is 0. The number of esters is 1. The lowest BCUT2D eigenvalue weighted by atomic mass is 9.89. The molecule has 9 heteroatoms. The van der Waals surface area contributed by atoms with Crippen molar-refractivity contribution in [1.29, 1.82) is 0 Å². The summed E-state index contributed by atoms with van der Waals surface area (Å²) < 4.78 is 23.5. The van der Waals surface area contributed by atoms with E-state index in [1.807, 2.05) is 28.8 Å². The number of carbonyl (C=O) groups excluding carboxylic acids is 2. The lowest BCUT2D eigenvalue weighted by molar-refractivity contribution is -0.152. The topological polar surface area (TPSA) is 101 Å². The second-order valence-electron chi connectivity index (χ2n) is 6.91. The Morgan fingerprint density at radius 1 is 1.06 bits per heavy atom. The van der Waals surface area contributed by atoms with Crippen LogP contribution >= 0.6 is 0 Å². The largest absolute Gasteiger partial charge is 0.496 e. The highest BCUT2D eigenvalue weighted by atomic mass is 16.5. The van der Waals surface area contributed by atoms with Gasteiger partial charge in [0.15, 0.2) is 17.4 Å². The molecule has 0 bridgehead atoms. The number of fused-ring (bicyclic) bond motifs is 3. The minimum Gasteiger partial charge on any atom is -0.496 e. The smallest absolute Gasteiger partial charge is 0.321 e. The van der Waals surface area contributed by atoms with Crippen LogP contribution in [0.1, 0.15) is 18.5 Å². The molecule has 31 heavy (non-hydrogen) atoms.